The van der Waals surface area contributed by atoms with Gasteiger partial charge in [-0.2, -0.15) is 11.3 Å². The van der Waals surface area contributed by atoms with Crippen LogP contribution >= 0.6 is 11.3 Å². The third-order valence-corrected chi connectivity index (χ3v) is 4.23. The lowest BCUT2D eigenvalue weighted by molar-refractivity contribution is -0.136. The second kappa shape index (κ2) is 6.31. The Morgan fingerprint density at radius 2 is 2.33 bits per heavy atom. The van der Waals surface area contributed by atoms with Gasteiger partial charge in [-0.3, -0.25) is 4.79 Å². The summed E-state index contributed by atoms with van der Waals surface area (Å²) in [4.78, 5) is 12.4. The highest BCUT2D eigenvalue weighted by molar-refractivity contribution is 7.07. The Morgan fingerprint density at radius 1 is 1.56 bits per heavy atom. The van der Waals surface area contributed by atoms with Crippen molar-refractivity contribution in [3.05, 3.63) is 22.4 Å². The van der Waals surface area contributed by atoms with E-state index in [-0.39, 0.29) is 11.3 Å². The maximum atomic E-state index is 12.4. The lowest BCUT2D eigenvalue weighted by atomic mass is 9.78. The van der Waals surface area contributed by atoms with E-state index in [1.54, 1.807) is 18.4 Å². The molecule has 0 atom stereocenters. The Morgan fingerprint density at radius 3 is 2.94 bits per heavy atom. The zero-order chi connectivity index (χ0) is 12.8. The zero-order valence-corrected chi connectivity index (χ0v) is 11.5. The smallest absolute Gasteiger partial charge is 0.228 e. The summed E-state index contributed by atoms with van der Waals surface area (Å²) in [6, 6.07) is 2.04. The largest absolute Gasteiger partial charge is 0.384 e. The van der Waals surface area contributed by atoms with Crippen molar-refractivity contribution in [1.82, 2.24) is 10.6 Å². The monoisotopic (exact) mass is 268 g/mol. The number of carbonyl (C=O) groups is 1. The van der Waals surface area contributed by atoms with Gasteiger partial charge in [-0.25, -0.2) is 0 Å². The molecule has 0 radical (unpaired) electrons. The molecule has 1 aromatic heterocycles. The summed E-state index contributed by atoms with van der Waals surface area (Å²) in [5, 5.41) is 10.4. The summed E-state index contributed by atoms with van der Waals surface area (Å²) in [6.45, 7) is 2.88. The molecule has 1 aliphatic rings. The number of piperidine rings is 1. The highest BCUT2D eigenvalue weighted by Gasteiger charge is 2.39. The van der Waals surface area contributed by atoms with Gasteiger partial charge in [0.1, 0.15) is 0 Å². The number of thiophene rings is 1. The maximum absolute atomic E-state index is 12.4. The maximum Gasteiger partial charge on any atom is 0.228 e. The van der Waals surface area contributed by atoms with Gasteiger partial charge < -0.3 is 15.4 Å². The van der Waals surface area contributed by atoms with Crippen molar-refractivity contribution in [2.45, 2.75) is 19.4 Å². The highest BCUT2D eigenvalue weighted by Crippen LogP contribution is 2.29. The molecule has 0 saturated carbocycles. The minimum atomic E-state index is -0.351. The fourth-order valence-corrected chi connectivity index (χ4v) is 3.05. The molecule has 0 bridgehead atoms. The highest BCUT2D eigenvalue weighted by atomic mass is 32.1. The SMILES string of the molecule is COCC1(C(=O)NCc2ccsc2)CCNCC1. The number of carbonyl (C=O) groups excluding carboxylic acids is 1. The molecule has 2 N–H and O–H groups in total. The average Bonchev–Trinajstić information content (AvgIpc) is 2.90. The van der Waals surface area contributed by atoms with Crippen LogP contribution in [0.15, 0.2) is 16.8 Å². The third kappa shape index (κ3) is 3.10. The molecule has 1 amide bonds. The quantitative estimate of drug-likeness (QED) is 0.848. The number of nitrogens with one attached hydrogen (secondary N) is 2. The predicted molar refractivity (Wildman–Crippen MR) is 72.6 cm³/mol. The van der Waals surface area contributed by atoms with E-state index in [1.165, 1.54) is 0 Å². The lowest BCUT2D eigenvalue weighted by Gasteiger charge is -2.35. The van der Waals surface area contributed by atoms with Crippen molar-refractivity contribution in [2.24, 2.45) is 5.41 Å². The molecule has 1 fully saturated rings. The van der Waals surface area contributed by atoms with Crippen LogP contribution in [0.4, 0.5) is 0 Å². The van der Waals surface area contributed by atoms with Gasteiger partial charge in [-0.05, 0) is 48.3 Å². The van der Waals surface area contributed by atoms with Crippen molar-refractivity contribution >= 4 is 17.2 Å². The van der Waals surface area contributed by atoms with E-state index in [0.29, 0.717) is 13.2 Å². The first kappa shape index (κ1) is 13.5. The van der Waals surface area contributed by atoms with Crippen LogP contribution in [0.2, 0.25) is 0 Å². The average molecular weight is 268 g/mol. The molecule has 2 rings (SSSR count). The molecule has 18 heavy (non-hydrogen) atoms. The molecule has 4 nitrogen and oxygen atoms in total. The summed E-state index contributed by atoms with van der Waals surface area (Å²) >= 11 is 1.65. The van der Waals surface area contributed by atoms with E-state index < -0.39 is 0 Å². The van der Waals surface area contributed by atoms with Gasteiger partial charge in [-0.15, -0.1) is 0 Å². The number of hydrogen-bond donors (Lipinski definition) is 2. The van der Waals surface area contributed by atoms with Crippen LogP contribution < -0.4 is 10.6 Å². The second-order valence-corrected chi connectivity index (χ2v) is 5.56. The first-order valence-electron chi connectivity index (χ1n) is 6.26. The Hall–Kier alpha value is -0.910. The summed E-state index contributed by atoms with van der Waals surface area (Å²) in [5.74, 6) is 0.122. The summed E-state index contributed by atoms with van der Waals surface area (Å²) in [6.07, 6.45) is 1.69. The summed E-state index contributed by atoms with van der Waals surface area (Å²) in [5.41, 5.74) is 0.811. The molecule has 2 heterocycles. The zero-order valence-electron chi connectivity index (χ0n) is 10.7. The van der Waals surface area contributed by atoms with Gasteiger partial charge in [0.15, 0.2) is 0 Å². The van der Waals surface area contributed by atoms with Crippen LogP contribution in [0.1, 0.15) is 18.4 Å². The van der Waals surface area contributed by atoms with Gasteiger partial charge in [0, 0.05) is 13.7 Å². The van der Waals surface area contributed by atoms with E-state index in [9.17, 15) is 4.79 Å². The van der Waals surface area contributed by atoms with Crippen LogP contribution in [0.25, 0.3) is 0 Å². The first-order chi connectivity index (χ1) is 8.77. The van der Waals surface area contributed by atoms with Gasteiger partial charge in [0.2, 0.25) is 5.91 Å². The number of hydrogen-bond acceptors (Lipinski definition) is 4. The van der Waals surface area contributed by atoms with Crippen LogP contribution in [-0.2, 0) is 16.1 Å². The Labute approximate surface area is 112 Å². The van der Waals surface area contributed by atoms with Crippen LogP contribution in [-0.4, -0.2) is 32.7 Å². The molecule has 0 aliphatic carbocycles. The van der Waals surface area contributed by atoms with Gasteiger partial charge in [-0.1, -0.05) is 0 Å². The molecular formula is C13H20N2O2S. The number of amides is 1. The van der Waals surface area contributed by atoms with Crippen molar-refractivity contribution < 1.29 is 9.53 Å². The molecule has 5 heteroatoms. The van der Waals surface area contributed by atoms with Crippen molar-refractivity contribution in [2.75, 3.05) is 26.8 Å². The molecule has 0 spiro atoms. The van der Waals surface area contributed by atoms with Crippen LogP contribution in [0, 0.1) is 5.41 Å². The van der Waals surface area contributed by atoms with E-state index in [2.05, 4.69) is 16.0 Å². The summed E-state index contributed by atoms with van der Waals surface area (Å²) < 4.78 is 5.26. The van der Waals surface area contributed by atoms with Gasteiger partial charge in [0.25, 0.3) is 0 Å². The fraction of sp³-hybridized carbons (Fsp3) is 0.615. The molecule has 1 saturated heterocycles. The van der Waals surface area contributed by atoms with Gasteiger partial charge in [0.05, 0.1) is 12.0 Å². The van der Waals surface area contributed by atoms with E-state index in [0.717, 1.165) is 31.5 Å². The fourth-order valence-electron chi connectivity index (χ4n) is 2.38. The first-order valence-corrected chi connectivity index (χ1v) is 7.20. The van der Waals surface area contributed by atoms with Crippen molar-refractivity contribution in [3.63, 3.8) is 0 Å². The Kier molecular flexibility index (Phi) is 4.74. The van der Waals surface area contributed by atoms with Crippen molar-refractivity contribution in [3.8, 4) is 0 Å². The van der Waals surface area contributed by atoms with Crippen LogP contribution in [0.3, 0.4) is 0 Å². The number of methoxy groups -OCH3 is 1. The number of rotatable bonds is 5. The van der Waals surface area contributed by atoms with E-state index in [4.69, 9.17) is 4.74 Å². The molecular weight excluding hydrogens is 248 g/mol. The number of ether oxygens (including phenoxy) is 1. The molecule has 0 aromatic carbocycles. The standard InChI is InChI=1S/C13H20N2O2S/c1-17-10-13(3-5-14-6-4-13)12(16)15-8-11-2-7-18-9-11/h2,7,9,14H,3-6,8,10H2,1H3,(H,15,16). The second-order valence-electron chi connectivity index (χ2n) is 4.78. The lowest BCUT2D eigenvalue weighted by Crippen LogP contribution is -2.49. The topological polar surface area (TPSA) is 50.4 Å². The summed E-state index contributed by atoms with van der Waals surface area (Å²) in [7, 11) is 1.66. The predicted octanol–water partition coefficient (Wildman–Crippen LogP) is 1.38. The minimum absolute atomic E-state index is 0.122. The minimum Gasteiger partial charge on any atom is -0.384 e. The molecule has 1 aromatic rings. The molecule has 1 aliphatic heterocycles. The molecule has 100 valence electrons. The normalized spacial score (nSPS) is 18.5. The Balaban J connectivity index is 1.95. The van der Waals surface area contributed by atoms with E-state index in [1.807, 2.05) is 11.4 Å². The van der Waals surface area contributed by atoms with Gasteiger partial charge >= 0.3 is 0 Å². The van der Waals surface area contributed by atoms with E-state index >= 15 is 0 Å². The Bertz CT molecular complexity index is 367. The molecule has 0 unspecified atom stereocenters. The van der Waals surface area contributed by atoms with Crippen LogP contribution in [0.5, 0.6) is 0 Å². The van der Waals surface area contributed by atoms with Crippen molar-refractivity contribution in [1.29, 1.82) is 0 Å². The third-order valence-electron chi connectivity index (χ3n) is 3.50.